The molecule has 1 aromatic carbocycles. The van der Waals surface area contributed by atoms with Crippen molar-refractivity contribution in [3.8, 4) is 0 Å². The van der Waals surface area contributed by atoms with Crippen molar-refractivity contribution in [3.05, 3.63) is 34.9 Å². The summed E-state index contributed by atoms with van der Waals surface area (Å²) < 4.78 is 14.4. The van der Waals surface area contributed by atoms with E-state index < -0.39 is 5.67 Å². The highest BCUT2D eigenvalue weighted by molar-refractivity contribution is 6.30. The van der Waals surface area contributed by atoms with E-state index in [2.05, 4.69) is 0 Å². The van der Waals surface area contributed by atoms with Crippen LogP contribution in [0, 0.1) is 5.92 Å². The first kappa shape index (κ1) is 9.94. The van der Waals surface area contributed by atoms with Crippen LogP contribution >= 0.6 is 11.6 Å². The fraction of sp³-hybridized carbons (Fsp3) is 0.455. The summed E-state index contributed by atoms with van der Waals surface area (Å²) in [4.78, 5) is 0. The number of hydrogen-bond donors (Lipinski definition) is 1. The molecule has 1 aliphatic rings. The standard InChI is InChI=1S/C11H13ClFN/c12-10-5-3-9(4-6-10)11(13,7-14)8-1-2-8/h3-6,8H,1-2,7,14H2. The molecular weight excluding hydrogens is 201 g/mol. The van der Waals surface area contributed by atoms with Gasteiger partial charge >= 0.3 is 0 Å². The maximum absolute atomic E-state index is 14.4. The van der Waals surface area contributed by atoms with Gasteiger partial charge in [0, 0.05) is 11.6 Å². The fourth-order valence-electron chi connectivity index (χ4n) is 1.79. The van der Waals surface area contributed by atoms with Gasteiger partial charge in [-0.2, -0.15) is 0 Å². The summed E-state index contributed by atoms with van der Waals surface area (Å²) in [5.74, 6) is 0.105. The SMILES string of the molecule is NCC(F)(c1ccc(Cl)cc1)C1CC1. The Morgan fingerprint density at radius 2 is 1.93 bits per heavy atom. The number of hydrogen-bond acceptors (Lipinski definition) is 1. The summed E-state index contributed by atoms with van der Waals surface area (Å²) in [6, 6.07) is 6.88. The molecule has 1 aromatic rings. The van der Waals surface area contributed by atoms with Crippen molar-refractivity contribution < 1.29 is 4.39 Å². The first-order valence-corrected chi connectivity index (χ1v) is 5.19. The molecule has 0 amide bonds. The normalized spacial score (nSPS) is 20.5. The zero-order valence-corrected chi connectivity index (χ0v) is 8.60. The van der Waals surface area contributed by atoms with Gasteiger partial charge in [-0.3, -0.25) is 0 Å². The summed E-state index contributed by atoms with van der Waals surface area (Å²) in [5.41, 5.74) is 4.83. The Kier molecular flexibility index (Phi) is 2.50. The zero-order valence-electron chi connectivity index (χ0n) is 7.84. The molecule has 0 bridgehead atoms. The number of nitrogens with two attached hydrogens (primary N) is 1. The molecule has 3 heteroatoms. The fourth-order valence-corrected chi connectivity index (χ4v) is 1.91. The summed E-state index contributed by atoms with van der Waals surface area (Å²) in [6.45, 7) is 0.0549. The van der Waals surface area contributed by atoms with Gasteiger partial charge in [-0.15, -0.1) is 0 Å². The summed E-state index contributed by atoms with van der Waals surface area (Å²) in [7, 11) is 0. The van der Waals surface area contributed by atoms with Crippen molar-refractivity contribution in [1.29, 1.82) is 0 Å². The van der Waals surface area contributed by atoms with E-state index in [1.54, 1.807) is 24.3 Å². The van der Waals surface area contributed by atoms with Crippen LogP contribution in [-0.4, -0.2) is 6.54 Å². The van der Waals surface area contributed by atoms with E-state index in [1.165, 1.54) is 0 Å². The lowest BCUT2D eigenvalue weighted by Gasteiger charge is -2.23. The predicted octanol–water partition coefficient (Wildman–Crippen LogP) is 2.87. The third kappa shape index (κ3) is 1.64. The maximum Gasteiger partial charge on any atom is 0.150 e. The molecule has 0 spiro atoms. The second-order valence-corrected chi connectivity index (χ2v) is 4.28. The Hall–Kier alpha value is -0.600. The molecule has 1 fully saturated rings. The van der Waals surface area contributed by atoms with Crippen LogP contribution in [0.5, 0.6) is 0 Å². The van der Waals surface area contributed by atoms with Crippen LogP contribution in [-0.2, 0) is 5.67 Å². The quantitative estimate of drug-likeness (QED) is 0.821. The Morgan fingerprint density at radius 3 is 2.36 bits per heavy atom. The molecule has 0 aliphatic heterocycles. The second-order valence-electron chi connectivity index (χ2n) is 3.85. The van der Waals surface area contributed by atoms with Crippen molar-refractivity contribution >= 4 is 11.6 Å². The minimum Gasteiger partial charge on any atom is -0.327 e. The monoisotopic (exact) mass is 213 g/mol. The highest BCUT2D eigenvalue weighted by Gasteiger charge is 2.46. The molecule has 1 unspecified atom stereocenters. The second kappa shape index (κ2) is 3.52. The number of alkyl halides is 1. The molecule has 2 rings (SSSR count). The van der Waals surface area contributed by atoms with Crippen molar-refractivity contribution in [2.45, 2.75) is 18.5 Å². The Morgan fingerprint density at radius 1 is 1.36 bits per heavy atom. The van der Waals surface area contributed by atoms with Gasteiger partial charge in [0.15, 0.2) is 5.67 Å². The predicted molar refractivity (Wildman–Crippen MR) is 56.0 cm³/mol. The van der Waals surface area contributed by atoms with Gasteiger partial charge in [0.2, 0.25) is 0 Å². The molecule has 1 nitrogen and oxygen atoms in total. The number of halogens is 2. The average Bonchev–Trinajstić information content (AvgIpc) is 3.01. The largest absolute Gasteiger partial charge is 0.327 e. The van der Waals surface area contributed by atoms with Crippen LogP contribution in [0.1, 0.15) is 18.4 Å². The van der Waals surface area contributed by atoms with E-state index in [0.29, 0.717) is 10.6 Å². The lowest BCUT2D eigenvalue weighted by atomic mass is 9.91. The van der Waals surface area contributed by atoms with Crippen molar-refractivity contribution in [1.82, 2.24) is 0 Å². The lowest BCUT2D eigenvalue weighted by molar-refractivity contribution is 0.143. The summed E-state index contributed by atoms with van der Waals surface area (Å²) in [6.07, 6.45) is 1.88. The molecular formula is C11H13ClFN. The highest BCUT2D eigenvalue weighted by Crippen LogP contribution is 2.48. The zero-order chi connectivity index (χ0) is 10.2. The summed E-state index contributed by atoms with van der Waals surface area (Å²) >= 11 is 5.75. The van der Waals surface area contributed by atoms with E-state index in [0.717, 1.165) is 12.8 Å². The van der Waals surface area contributed by atoms with Gasteiger partial charge in [0.05, 0.1) is 0 Å². The van der Waals surface area contributed by atoms with E-state index in [1.807, 2.05) is 0 Å². The topological polar surface area (TPSA) is 26.0 Å². The van der Waals surface area contributed by atoms with E-state index in [9.17, 15) is 4.39 Å². The third-order valence-electron chi connectivity index (χ3n) is 2.85. The van der Waals surface area contributed by atoms with E-state index >= 15 is 0 Å². The molecule has 1 saturated carbocycles. The average molecular weight is 214 g/mol. The van der Waals surface area contributed by atoms with Crippen LogP contribution in [0.15, 0.2) is 24.3 Å². The molecule has 14 heavy (non-hydrogen) atoms. The van der Waals surface area contributed by atoms with Crippen LogP contribution in [0.3, 0.4) is 0 Å². The van der Waals surface area contributed by atoms with Crippen molar-refractivity contribution in [2.24, 2.45) is 11.7 Å². The minimum absolute atomic E-state index is 0.0549. The molecule has 0 saturated heterocycles. The van der Waals surface area contributed by atoms with Crippen LogP contribution < -0.4 is 5.73 Å². The van der Waals surface area contributed by atoms with Crippen LogP contribution in [0.2, 0.25) is 5.02 Å². The number of benzene rings is 1. The van der Waals surface area contributed by atoms with Crippen molar-refractivity contribution in [2.75, 3.05) is 6.54 Å². The molecule has 0 aromatic heterocycles. The van der Waals surface area contributed by atoms with E-state index in [-0.39, 0.29) is 12.5 Å². The van der Waals surface area contributed by atoms with Gasteiger partial charge in [-0.25, -0.2) is 4.39 Å². The minimum atomic E-state index is -1.34. The van der Waals surface area contributed by atoms with Gasteiger partial charge in [-0.1, -0.05) is 23.7 Å². The molecule has 76 valence electrons. The van der Waals surface area contributed by atoms with Crippen LogP contribution in [0.25, 0.3) is 0 Å². The lowest BCUT2D eigenvalue weighted by Crippen LogP contribution is -2.32. The van der Waals surface area contributed by atoms with Gasteiger partial charge in [0.25, 0.3) is 0 Å². The van der Waals surface area contributed by atoms with Gasteiger partial charge in [0.1, 0.15) is 0 Å². The van der Waals surface area contributed by atoms with Crippen LogP contribution in [0.4, 0.5) is 4.39 Å². The van der Waals surface area contributed by atoms with Gasteiger partial charge < -0.3 is 5.73 Å². The first-order valence-electron chi connectivity index (χ1n) is 4.82. The van der Waals surface area contributed by atoms with Crippen molar-refractivity contribution in [3.63, 3.8) is 0 Å². The Labute approximate surface area is 88.1 Å². The third-order valence-corrected chi connectivity index (χ3v) is 3.10. The molecule has 0 heterocycles. The smallest absolute Gasteiger partial charge is 0.150 e. The summed E-state index contributed by atoms with van der Waals surface area (Å²) in [5, 5.41) is 0.629. The Bertz CT molecular complexity index is 321. The highest BCUT2D eigenvalue weighted by atomic mass is 35.5. The number of rotatable bonds is 3. The molecule has 1 aliphatic carbocycles. The maximum atomic E-state index is 14.4. The first-order chi connectivity index (χ1) is 6.66. The Balaban J connectivity index is 2.31. The van der Waals surface area contributed by atoms with E-state index in [4.69, 9.17) is 17.3 Å². The van der Waals surface area contributed by atoms with Gasteiger partial charge in [-0.05, 0) is 36.5 Å². The molecule has 2 N–H and O–H groups in total. The molecule has 1 atom stereocenters. The molecule has 0 radical (unpaired) electrons.